The Balaban J connectivity index is 1.73. The van der Waals surface area contributed by atoms with Crippen LogP contribution in [0.25, 0.3) is 0 Å². The van der Waals surface area contributed by atoms with Crippen molar-refractivity contribution in [2.45, 2.75) is 38.3 Å². The van der Waals surface area contributed by atoms with Crippen molar-refractivity contribution in [3.63, 3.8) is 0 Å². The third-order valence-corrected chi connectivity index (χ3v) is 4.19. The van der Waals surface area contributed by atoms with Gasteiger partial charge in [0.2, 0.25) is 0 Å². The summed E-state index contributed by atoms with van der Waals surface area (Å²) >= 11 is 5.86. The van der Waals surface area contributed by atoms with Crippen molar-refractivity contribution in [3.8, 4) is 0 Å². The van der Waals surface area contributed by atoms with E-state index in [-0.39, 0.29) is 12.1 Å². The summed E-state index contributed by atoms with van der Waals surface area (Å²) in [6.45, 7) is 3.97. The molecule has 0 aromatic heterocycles. The number of urea groups is 1. The maximum atomic E-state index is 12.3. The smallest absolute Gasteiger partial charge is 0.317 e. The van der Waals surface area contributed by atoms with Crippen LogP contribution in [0.3, 0.4) is 0 Å². The Kier molecular flexibility index (Phi) is 7.15. The highest BCUT2D eigenvalue weighted by molar-refractivity contribution is 6.30. The lowest BCUT2D eigenvalue weighted by atomic mass is 10.1. The molecule has 1 aliphatic rings. The highest BCUT2D eigenvalue weighted by Crippen LogP contribution is 2.13. The number of aliphatic hydroxyl groups excluding tert-OH is 1. The lowest BCUT2D eigenvalue weighted by molar-refractivity contribution is -0.00428. The van der Waals surface area contributed by atoms with Crippen molar-refractivity contribution < 1.29 is 14.6 Å². The fraction of sp³-hybridized carbons (Fsp3) is 0.588. The van der Waals surface area contributed by atoms with Gasteiger partial charge in [-0.3, -0.25) is 0 Å². The molecule has 0 saturated carbocycles. The first-order valence-electron chi connectivity index (χ1n) is 8.11. The van der Waals surface area contributed by atoms with Gasteiger partial charge in [-0.2, -0.15) is 0 Å². The van der Waals surface area contributed by atoms with E-state index < -0.39 is 6.10 Å². The molecule has 5 nitrogen and oxygen atoms in total. The monoisotopic (exact) mass is 340 g/mol. The number of hydrogen-bond donors (Lipinski definition) is 2. The molecule has 23 heavy (non-hydrogen) atoms. The van der Waals surface area contributed by atoms with Gasteiger partial charge in [0, 0.05) is 18.1 Å². The Morgan fingerprint density at radius 1 is 1.48 bits per heavy atom. The summed E-state index contributed by atoms with van der Waals surface area (Å²) < 4.78 is 5.41. The maximum absolute atomic E-state index is 12.3. The molecule has 0 aliphatic carbocycles. The van der Waals surface area contributed by atoms with Gasteiger partial charge in [0.25, 0.3) is 0 Å². The molecule has 2 atom stereocenters. The maximum Gasteiger partial charge on any atom is 0.317 e. The highest BCUT2D eigenvalue weighted by atomic mass is 35.5. The third kappa shape index (κ3) is 6.01. The minimum Gasteiger partial charge on any atom is -0.393 e. The first-order chi connectivity index (χ1) is 11.1. The van der Waals surface area contributed by atoms with E-state index in [0.717, 1.165) is 17.9 Å². The van der Waals surface area contributed by atoms with Gasteiger partial charge < -0.3 is 20.1 Å². The number of halogens is 1. The first-order valence-corrected chi connectivity index (χ1v) is 8.49. The van der Waals surface area contributed by atoms with Gasteiger partial charge in [0.15, 0.2) is 0 Å². The predicted molar refractivity (Wildman–Crippen MR) is 90.8 cm³/mol. The van der Waals surface area contributed by atoms with E-state index in [1.807, 2.05) is 24.3 Å². The standard InChI is InChI=1S/C17H25ClN2O3/c1-13(21)11-16-12-23-10-9-20(16)17(22)19-8-2-3-14-4-6-15(18)7-5-14/h4-7,13,16,21H,2-3,8-12H2,1H3,(H,19,22). The van der Waals surface area contributed by atoms with Crippen molar-refractivity contribution in [1.82, 2.24) is 10.2 Å². The Bertz CT molecular complexity index is 493. The lowest BCUT2D eigenvalue weighted by Gasteiger charge is -2.36. The number of hydrogen-bond acceptors (Lipinski definition) is 3. The number of carbonyl (C=O) groups excluding carboxylic acids is 1. The fourth-order valence-electron chi connectivity index (χ4n) is 2.75. The van der Waals surface area contributed by atoms with Gasteiger partial charge in [-0.15, -0.1) is 0 Å². The molecule has 2 rings (SSSR count). The molecular weight excluding hydrogens is 316 g/mol. The summed E-state index contributed by atoms with van der Waals surface area (Å²) in [6, 6.07) is 7.64. The molecule has 6 heteroatoms. The topological polar surface area (TPSA) is 61.8 Å². The first kappa shape index (κ1) is 18.0. The number of morpholine rings is 1. The second-order valence-electron chi connectivity index (χ2n) is 5.97. The number of amides is 2. The molecule has 128 valence electrons. The number of aliphatic hydroxyl groups is 1. The number of benzene rings is 1. The molecule has 2 amide bonds. The summed E-state index contributed by atoms with van der Waals surface area (Å²) in [5.74, 6) is 0. The highest BCUT2D eigenvalue weighted by Gasteiger charge is 2.27. The van der Waals surface area contributed by atoms with Crippen LogP contribution in [0.15, 0.2) is 24.3 Å². The minimum atomic E-state index is -0.443. The molecular formula is C17H25ClN2O3. The van der Waals surface area contributed by atoms with E-state index in [2.05, 4.69) is 5.32 Å². The average molecular weight is 341 g/mol. The molecule has 0 spiro atoms. The molecule has 1 fully saturated rings. The number of carbonyl (C=O) groups is 1. The van der Waals surface area contributed by atoms with Crippen LogP contribution in [0.5, 0.6) is 0 Å². The molecule has 1 aromatic rings. The zero-order valence-electron chi connectivity index (χ0n) is 13.5. The Labute approximate surface area is 142 Å². The molecule has 1 saturated heterocycles. The normalized spacial score (nSPS) is 19.4. The summed E-state index contributed by atoms with van der Waals surface area (Å²) in [5.41, 5.74) is 1.21. The largest absolute Gasteiger partial charge is 0.393 e. The molecule has 2 unspecified atom stereocenters. The average Bonchev–Trinajstić information content (AvgIpc) is 2.53. The van der Waals surface area contributed by atoms with E-state index in [1.54, 1.807) is 11.8 Å². The van der Waals surface area contributed by atoms with Crippen LogP contribution in [0.4, 0.5) is 4.79 Å². The Morgan fingerprint density at radius 3 is 2.91 bits per heavy atom. The second kappa shape index (κ2) is 9.11. The molecule has 2 N–H and O–H groups in total. The van der Waals surface area contributed by atoms with Crippen LogP contribution >= 0.6 is 11.6 Å². The number of nitrogens with zero attached hydrogens (tertiary/aromatic N) is 1. The molecule has 1 heterocycles. The van der Waals surface area contributed by atoms with Gasteiger partial charge in [0.1, 0.15) is 0 Å². The Morgan fingerprint density at radius 2 is 2.22 bits per heavy atom. The molecule has 1 aromatic carbocycles. The van der Waals surface area contributed by atoms with E-state index in [4.69, 9.17) is 16.3 Å². The Hall–Kier alpha value is -1.30. The fourth-order valence-corrected chi connectivity index (χ4v) is 2.88. The van der Waals surface area contributed by atoms with Crippen LogP contribution in [0.2, 0.25) is 5.02 Å². The van der Waals surface area contributed by atoms with Gasteiger partial charge in [0.05, 0.1) is 25.4 Å². The van der Waals surface area contributed by atoms with Crippen molar-refractivity contribution in [2.24, 2.45) is 0 Å². The van der Waals surface area contributed by atoms with Crippen molar-refractivity contribution in [1.29, 1.82) is 0 Å². The SMILES string of the molecule is CC(O)CC1COCCN1C(=O)NCCCc1ccc(Cl)cc1. The number of nitrogens with one attached hydrogen (secondary N) is 1. The van der Waals surface area contributed by atoms with E-state index in [9.17, 15) is 9.90 Å². The zero-order valence-corrected chi connectivity index (χ0v) is 14.3. The summed E-state index contributed by atoms with van der Waals surface area (Å²) in [5, 5.41) is 13.2. The lowest BCUT2D eigenvalue weighted by Crippen LogP contribution is -2.53. The van der Waals surface area contributed by atoms with Gasteiger partial charge in [-0.1, -0.05) is 23.7 Å². The van der Waals surface area contributed by atoms with E-state index in [0.29, 0.717) is 32.7 Å². The van der Waals surface area contributed by atoms with Crippen LogP contribution in [0.1, 0.15) is 25.3 Å². The van der Waals surface area contributed by atoms with Crippen LogP contribution < -0.4 is 5.32 Å². The number of aryl methyl sites for hydroxylation is 1. The zero-order chi connectivity index (χ0) is 16.7. The minimum absolute atomic E-state index is 0.0555. The summed E-state index contributed by atoms with van der Waals surface area (Å²) in [4.78, 5) is 14.1. The molecule has 0 radical (unpaired) electrons. The summed E-state index contributed by atoms with van der Waals surface area (Å²) in [6.07, 6.45) is 1.87. The quantitative estimate of drug-likeness (QED) is 0.782. The van der Waals surface area contributed by atoms with E-state index in [1.165, 1.54) is 5.56 Å². The van der Waals surface area contributed by atoms with Crippen molar-refractivity contribution >= 4 is 17.6 Å². The van der Waals surface area contributed by atoms with Crippen LogP contribution in [-0.2, 0) is 11.2 Å². The molecule has 1 aliphatic heterocycles. The number of ether oxygens (including phenoxy) is 1. The number of rotatable bonds is 6. The molecule has 0 bridgehead atoms. The van der Waals surface area contributed by atoms with Crippen LogP contribution in [-0.4, -0.2) is 54.5 Å². The predicted octanol–water partition coefficient (Wildman–Crippen LogP) is 2.45. The van der Waals surface area contributed by atoms with E-state index >= 15 is 0 Å². The van der Waals surface area contributed by atoms with Gasteiger partial charge in [-0.05, 0) is 43.9 Å². The second-order valence-corrected chi connectivity index (χ2v) is 6.41. The summed E-state index contributed by atoms with van der Waals surface area (Å²) in [7, 11) is 0. The van der Waals surface area contributed by atoms with Crippen molar-refractivity contribution in [3.05, 3.63) is 34.9 Å². The van der Waals surface area contributed by atoms with Gasteiger partial charge in [-0.25, -0.2) is 4.79 Å². The van der Waals surface area contributed by atoms with Crippen molar-refractivity contribution in [2.75, 3.05) is 26.3 Å². The van der Waals surface area contributed by atoms with Gasteiger partial charge >= 0.3 is 6.03 Å². The van der Waals surface area contributed by atoms with Crippen LogP contribution in [0, 0.1) is 0 Å². The third-order valence-electron chi connectivity index (χ3n) is 3.93.